The molecular formula is C29H39N3O8. The molecule has 2 atom stereocenters. The van der Waals surface area contributed by atoms with Crippen LogP contribution in [0.4, 0.5) is 10.5 Å². The molecule has 40 heavy (non-hydrogen) atoms. The molecule has 1 N–H and O–H groups in total. The van der Waals surface area contributed by atoms with E-state index in [4.69, 9.17) is 28.4 Å². The molecule has 0 saturated carbocycles. The van der Waals surface area contributed by atoms with Crippen LogP contribution in [-0.4, -0.2) is 90.0 Å². The van der Waals surface area contributed by atoms with Crippen molar-refractivity contribution in [2.24, 2.45) is 5.92 Å². The Balaban J connectivity index is 1.41. The second-order valence-corrected chi connectivity index (χ2v) is 10.0. The Hall–Kier alpha value is -3.70. The van der Waals surface area contributed by atoms with Crippen molar-refractivity contribution in [2.75, 3.05) is 65.8 Å². The van der Waals surface area contributed by atoms with Gasteiger partial charge in [-0.1, -0.05) is 0 Å². The minimum Gasteiger partial charge on any atom is -0.493 e. The Kier molecular flexibility index (Phi) is 9.94. The predicted molar refractivity (Wildman–Crippen MR) is 149 cm³/mol. The summed E-state index contributed by atoms with van der Waals surface area (Å²) in [5.74, 6) is 2.09. The highest BCUT2D eigenvalue weighted by Gasteiger charge is 2.35. The van der Waals surface area contributed by atoms with Crippen molar-refractivity contribution in [1.29, 1.82) is 0 Å². The molecule has 2 aliphatic rings. The van der Waals surface area contributed by atoms with Crippen LogP contribution in [-0.2, 0) is 9.47 Å². The summed E-state index contributed by atoms with van der Waals surface area (Å²) in [6, 6.07) is 10.4. The van der Waals surface area contributed by atoms with Gasteiger partial charge in [0.25, 0.3) is 5.91 Å². The van der Waals surface area contributed by atoms with Gasteiger partial charge in [-0.3, -0.25) is 9.69 Å². The standard InChI is InChI=1S/C29H39N3O8/c1-19(2)32(28(33)20-7-9-23(36-5)25(13-20)37-12-6-11-35-4)17-21-15-30-16-27(21)40-29(34)31(3)22-8-10-24-26(14-22)39-18-38-24/h7-10,13-14,19,21,27,30H,6,11-12,15-18H2,1-5H3/t21-,27-/m1/s1. The van der Waals surface area contributed by atoms with E-state index in [1.54, 1.807) is 62.6 Å². The lowest BCUT2D eigenvalue weighted by Crippen LogP contribution is -2.44. The largest absolute Gasteiger partial charge is 0.493 e. The zero-order chi connectivity index (χ0) is 28.6. The van der Waals surface area contributed by atoms with Crippen LogP contribution in [0, 0.1) is 5.92 Å². The van der Waals surface area contributed by atoms with Crippen molar-refractivity contribution < 1.29 is 38.0 Å². The van der Waals surface area contributed by atoms with E-state index in [1.165, 1.54) is 4.90 Å². The van der Waals surface area contributed by atoms with Crippen molar-refractivity contribution in [3.63, 3.8) is 0 Å². The van der Waals surface area contributed by atoms with Gasteiger partial charge >= 0.3 is 6.09 Å². The molecule has 4 rings (SSSR count). The summed E-state index contributed by atoms with van der Waals surface area (Å²) in [6.07, 6.45) is -0.159. The van der Waals surface area contributed by atoms with Gasteiger partial charge in [0.05, 0.1) is 19.4 Å². The van der Waals surface area contributed by atoms with Crippen molar-refractivity contribution in [2.45, 2.75) is 32.4 Å². The normalized spacial score (nSPS) is 17.6. The first-order valence-electron chi connectivity index (χ1n) is 13.5. The van der Waals surface area contributed by atoms with E-state index in [9.17, 15) is 9.59 Å². The number of rotatable bonds is 12. The lowest BCUT2D eigenvalue weighted by atomic mass is 10.0. The van der Waals surface area contributed by atoms with Gasteiger partial charge in [0.1, 0.15) is 6.10 Å². The second kappa shape index (κ2) is 13.6. The van der Waals surface area contributed by atoms with Crippen LogP contribution >= 0.6 is 0 Å². The highest BCUT2D eigenvalue weighted by Crippen LogP contribution is 2.35. The molecule has 0 bridgehead atoms. The Morgan fingerprint density at radius 2 is 1.82 bits per heavy atom. The highest BCUT2D eigenvalue weighted by atomic mass is 16.7. The third-order valence-corrected chi connectivity index (χ3v) is 7.02. The molecule has 0 radical (unpaired) electrons. The van der Waals surface area contributed by atoms with E-state index in [2.05, 4.69) is 5.32 Å². The molecule has 1 fully saturated rings. The maximum absolute atomic E-state index is 13.7. The van der Waals surface area contributed by atoms with E-state index in [0.29, 0.717) is 73.5 Å². The number of nitrogens with one attached hydrogen (secondary N) is 1. The summed E-state index contributed by atoms with van der Waals surface area (Å²) >= 11 is 0. The van der Waals surface area contributed by atoms with Crippen molar-refractivity contribution >= 4 is 17.7 Å². The molecule has 2 aromatic carbocycles. The molecule has 11 nitrogen and oxygen atoms in total. The van der Waals surface area contributed by atoms with Gasteiger partial charge in [-0.2, -0.15) is 0 Å². The number of carbonyl (C=O) groups is 2. The zero-order valence-corrected chi connectivity index (χ0v) is 23.8. The number of ether oxygens (including phenoxy) is 6. The van der Waals surface area contributed by atoms with Crippen LogP contribution in [0.3, 0.4) is 0 Å². The van der Waals surface area contributed by atoms with Crippen LogP contribution in [0.1, 0.15) is 30.6 Å². The molecule has 218 valence electrons. The van der Waals surface area contributed by atoms with Gasteiger partial charge in [-0.05, 0) is 44.2 Å². The summed E-state index contributed by atoms with van der Waals surface area (Å²) in [5.41, 5.74) is 1.13. The molecule has 1 saturated heterocycles. The SMILES string of the molecule is COCCCOc1cc(C(=O)N(C[C@H]2CNC[C@H]2OC(=O)N(C)c2ccc3c(c2)OCO3)C(C)C)ccc1OC. The molecule has 0 spiro atoms. The average molecular weight is 558 g/mol. The van der Waals surface area contributed by atoms with Crippen molar-refractivity contribution in [3.05, 3.63) is 42.0 Å². The van der Waals surface area contributed by atoms with E-state index in [1.807, 2.05) is 13.8 Å². The quantitative estimate of drug-likeness (QED) is 0.392. The van der Waals surface area contributed by atoms with E-state index < -0.39 is 12.2 Å². The van der Waals surface area contributed by atoms with Crippen LogP contribution in [0.2, 0.25) is 0 Å². The van der Waals surface area contributed by atoms with Gasteiger partial charge in [-0.25, -0.2) is 4.79 Å². The average Bonchev–Trinajstić information content (AvgIpc) is 3.61. The molecule has 2 amide bonds. The Morgan fingerprint density at radius 1 is 1.02 bits per heavy atom. The fourth-order valence-corrected chi connectivity index (χ4v) is 4.69. The number of fused-ring (bicyclic) bond motifs is 1. The summed E-state index contributed by atoms with van der Waals surface area (Å²) < 4.78 is 33.1. The Labute approximate surface area is 235 Å². The molecular weight excluding hydrogens is 518 g/mol. The molecule has 0 unspecified atom stereocenters. The Bertz CT molecular complexity index is 1170. The van der Waals surface area contributed by atoms with Gasteiger partial charge < -0.3 is 38.6 Å². The number of carbonyl (C=O) groups excluding carboxylic acids is 2. The summed E-state index contributed by atoms with van der Waals surface area (Å²) in [6.45, 7) is 6.68. The first-order valence-corrected chi connectivity index (χ1v) is 13.5. The fourth-order valence-electron chi connectivity index (χ4n) is 4.69. The fraction of sp³-hybridized carbons (Fsp3) is 0.517. The van der Waals surface area contributed by atoms with Gasteiger partial charge in [0, 0.05) is 70.4 Å². The molecule has 2 aliphatic heterocycles. The number of nitrogens with zero attached hydrogens (tertiary/aromatic N) is 2. The zero-order valence-electron chi connectivity index (χ0n) is 23.8. The van der Waals surface area contributed by atoms with Crippen LogP contribution in [0.15, 0.2) is 36.4 Å². The summed E-state index contributed by atoms with van der Waals surface area (Å²) in [4.78, 5) is 29.9. The third kappa shape index (κ3) is 6.89. The lowest BCUT2D eigenvalue weighted by Gasteiger charge is -2.32. The number of hydrogen-bond acceptors (Lipinski definition) is 9. The lowest BCUT2D eigenvalue weighted by molar-refractivity contribution is 0.0541. The van der Waals surface area contributed by atoms with Crippen LogP contribution < -0.4 is 29.2 Å². The van der Waals surface area contributed by atoms with E-state index in [-0.39, 0.29) is 24.7 Å². The first-order chi connectivity index (χ1) is 19.3. The molecule has 0 aromatic heterocycles. The summed E-state index contributed by atoms with van der Waals surface area (Å²) in [5, 5.41) is 3.30. The van der Waals surface area contributed by atoms with Gasteiger partial charge in [-0.15, -0.1) is 0 Å². The third-order valence-electron chi connectivity index (χ3n) is 7.02. The van der Waals surface area contributed by atoms with Crippen LogP contribution in [0.5, 0.6) is 23.0 Å². The smallest absolute Gasteiger partial charge is 0.414 e. The number of anilines is 1. The van der Waals surface area contributed by atoms with Gasteiger partial charge in [0.2, 0.25) is 6.79 Å². The maximum atomic E-state index is 13.7. The van der Waals surface area contributed by atoms with Gasteiger partial charge in [0.15, 0.2) is 23.0 Å². The molecule has 2 heterocycles. The van der Waals surface area contributed by atoms with Crippen molar-refractivity contribution in [1.82, 2.24) is 10.2 Å². The highest BCUT2D eigenvalue weighted by molar-refractivity contribution is 5.95. The topological polar surface area (TPSA) is 108 Å². The number of methoxy groups -OCH3 is 2. The second-order valence-electron chi connectivity index (χ2n) is 10.0. The van der Waals surface area contributed by atoms with Crippen molar-refractivity contribution in [3.8, 4) is 23.0 Å². The van der Waals surface area contributed by atoms with Crippen LogP contribution in [0.25, 0.3) is 0 Å². The predicted octanol–water partition coefficient (Wildman–Crippen LogP) is 3.55. The number of amides is 2. The van der Waals surface area contributed by atoms with E-state index >= 15 is 0 Å². The van der Waals surface area contributed by atoms with E-state index in [0.717, 1.165) is 0 Å². The minimum absolute atomic E-state index is 0.0751. The minimum atomic E-state index is -0.481. The monoisotopic (exact) mass is 557 g/mol. The first kappa shape index (κ1) is 29.3. The number of hydrogen-bond donors (Lipinski definition) is 1. The summed E-state index contributed by atoms with van der Waals surface area (Å²) in [7, 11) is 4.86. The maximum Gasteiger partial charge on any atom is 0.414 e. The molecule has 0 aliphatic carbocycles. The molecule has 11 heteroatoms. The Morgan fingerprint density at radius 3 is 2.58 bits per heavy atom. The number of benzene rings is 2. The molecule has 2 aromatic rings.